The maximum absolute atomic E-state index is 12.7. The Balaban J connectivity index is 1.66. The second kappa shape index (κ2) is 7.70. The number of sulfonamides is 1. The van der Waals surface area contributed by atoms with Crippen LogP contribution in [0.4, 0.5) is 0 Å². The van der Waals surface area contributed by atoms with Crippen LogP contribution in [0.15, 0.2) is 15.4 Å². The predicted molar refractivity (Wildman–Crippen MR) is 98.6 cm³/mol. The molecule has 1 amide bonds. The number of amides is 1. The Kier molecular flexibility index (Phi) is 5.74. The van der Waals surface area contributed by atoms with Crippen LogP contribution in [0.5, 0.6) is 0 Å². The zero-order chi connectivity index (χ0) is 18.9. The fourth-order valence-electron chi connectivity index (χ4n) is 3.72. The number of carbonyl (C=O) groups excluding carboxylic acids is 1. The summed E-state index contributed by atoms with van der Waals surface area (Å²) in [4.78, 5) is 15.0. The van der Waals surface area contributed by atoms with Crippen molar-refractivity contribution in [1.82, 2.24) is 14.5 Å². The van der Waals surface area contributed by atoms with Crippen molar-refractivity contribution in [2.45, 2.75) is 63.4 Å². The van der Waals surface area contributed by atoms with Gasteiger partial charge >= 0.3 is 0 Å². The molecule has 1 aromatic heterocycles. The zero-order valence-corrected chi connectivity index (χ0v) is 16.6. The van der Waals surface area contributed by atoms with Gasteiger partial charge in [0.1, 0.15) is 10.7 Å². The molecule has 1 N–H and O–H groups in total. The molecule has 146 valence electrons. The third-order valence-electron chi connectivity index (χ3n) is 5.37. The molecule has 0 atom stereocenters. The maximum Gasteiger partial charge on any atom is 0.287 e. The molecule has 2 aliphatic rings. The topological polar surface area (TPSA) is 82.9 Å². The van der Waals surface area contributed by atoms with Crippen molar-refractivity contribution in [3.63, 3.8) is 0 Å². The van der Waals surface area contributed by atoms with Crippen molar-refractivity contribution in [3.05, 3.63) is 17.6 Å². The minimum atomic E-state index is -3.58. The largest absolute Gasteiger partial charge is 0.455 e. The zero-order valence-electron chi connectivity index (χ0n) is 15.8. The number of rotatable bonds is 5. The van der Waals surface area contributed by atoms with E-state index in [2.05, 4.69) is 24.1 Å². The number of aryl methyl sites for hydroxylation is 1. The number of nitrogens with one attached hydrogen (secondary N) is 1. The predicted octanol–water partition coefficient (Wildman–Crippen LogP) is 1.98. The molecule has 1 aromatic rings. The Labute approximate surface area is 155 Å². The number of furan rings is 1. The first-order valence-electron chi connectivity index (χ1n) is 9.44. The molecular weight excluding hydrogens is 354 g/mol. The molecule has 3 rings (SSSR count). The lowest BCUT2D eigenvalue weighted by molar-refractivity contribution is 0.0872. The molecule has 0 unspecified atom stereocenters. The minimum absolute atomic E-state index is 0.0755. The summed E-state index contributed by atoms with van der Waals surface area (Å²) in [6.45, 7) is 8.91. The number of likely N-dealkylation sites (tertiary alicyclic amines) is 1. The number of carbonyl (C=O) groups is 1. The van der Waals surface area contributed by atoms with Crippen molar-refractivity contribution in [1.29, 1.82) is 0 Å². The molecule has 0 spiro atoms. The van der Waals surface area contributed by atoms with Gasteiger partial charge in [-0.3, -0.25) is 4.79 Å². The molecular formula is C18H29N3O4S. The number of hydrogen-bond donors (Lipinski definition) is 1. The average molecular weight is 384 g/mol. The number of nitrogens with zero attached hydrogens (tertiary/aromatic N) is 2. The van der Waals surface area contributed by atoms with E-state index >= 15 is 0 Å². The first-order valence-corrected chi connectivity index (χ1v) is 10.9. The molecule has 2 aliphatic heterocycles. The van der Waals surface area contributed by atoms with Gasteiger partial charge < -0.3 is 14.6 Å². The summed E-state index contributed by atoms with van der Waals surface area (Å²) in [6.07, 6.45) is 3.53. The lowest BCUT2D eigenvalue weighted by atomic mass is 10.0. The molecule has 0 radical (unpaired) electrons. The second-order valence-corrected chi connectivity index (χ2v) is 9.43. The van der Waals surface area contributed by atoms with Crippen molar-refractivity contribution in [2.24, 2.45) is 0 Å². The first-order chi connectivity index (χ1) is 12.3. The van der Waals surface area contributed by atoms with Crippen LogP contribution < -0.4 is 5.32 Å². The summed E-state index contributed by atoms with van der Waals surface area (Å²) in [5.74, 6) is 0.0159. The monoisotopic (exact) mass is 383 g/mol. The van der Waals surface area contributed by atoms with E-state index in [0.717, 1.165) is 38.8 Å². The van der Waals surface area contributed by atoms with E-state index < -0.39 is 10.0 Å². The molecule has 7 nitrogen and oxygen atoms in total. The van der Waals surface area contributed by atoms with E-state index in [1.165, 1.54) is 10.4 Å². The average Bonchev–Trinajstić information content (AvgIpc) is 3.25. The molecule has 2 fully saturated rings. The standard InChI is InChI=1S/C18H29N3O4S/c1-13(2)20-10-6-15(7-11-20)19-18(22)16-12-17(14(3)25-16)26(23,24)21-8-4-5-9-21/h12-13,15H,4-11H2,1-3H3,(H,19,22). The smallest absolute Gasteiger partial charge is 0.287 e. The quantitative estimate of drug-likeness (QED) is 0.841. The highest BCUT2D eigenvalue weighted by molar-refractivity contribution is 7.89. The molecule has 26 heavy (non-hydrogen) atoms. The van der Waals surface area contributed by atoms with Gasteiger partial charge in [-0.2, -0.15) is 4.31 Å². The highest BCUT2D eigenvalue weighted by atomic mass is 32.2. The van der Waals surface area contributed by atoms with Gasteiger partial charge in [-0.15, -0.1) is 0 Å². The molecule has 8 heteroatoms. The molecule has 0 aromatic carbocycles. The van der Waals surface area contributed by atoms with Crippen LogP contribution in [-0.2, 0) is 10.0 Å². The van der Waals surface area contributed by atoms with Crippen LogP contribution >= 0.6 is 0 Å². The van der Waals surface area contributed by atoms with E-state index in [4.69, 9.17) is 4.42 Å². The summed E-state index contributed by atoms with van der Waals surface area (Å²) in [6, 6.07) is 1.99. The van der Waals surface area contributed by atoms with E-state index in [9.17, 15) is 13.2 Å². The van der Waals surface area contributed by atoms with Gasteiger partial charge in [0.2, 0.25) is 10.0 Å². The summed E-state index contributed by atoms with van der Waals surface area (Å²) < 4.78 is 32.4. The van der Waals surface area contributed by atoms with Crippen LogP contribution in [0.1, 0.15) is 55.8 Å². The Morgan fingerprint density at radius 1 is 1.19 bits per heavy atom. The van der Waals surface area contributed by atoms with E-state index in [1.807, 2.05) is 0 Å². The molecule has 0 aliphatic carbocycles. The fourth-order valence-corrected chi connectivity index (χ4v) is 5.40. The van der Waals surface area contributed by atoms with E-state index in [1.54, 1.807) is 6.92 Å². The summed E-state index contributed by atoms with van der Waals surface area (Å²) >= 11 is 0. The van der Waals surface area contributed by atoms with Gasteiger partial charge in [0.05, 0.1) is 0 Å². The molecule has 2 saturated heterocycles. The van der Waals surface area contributed by atoms with Gasteiger partial charge in [-0.05, 0) is 46.5 Å². The van der Waals surface area contributed by atoms with Crippen LogP contribution in [0.3, 0.4) is 0 Å². The normalized spacial score (nSPS) is 20.8. The van der Waals surface area contributed by atoms with Gasteiger partial charge in [-0.25, -0.2) is 8.42 Å². The van der Waals surface area contributed by atoms with Crippen molar-refractivity contribution < 1.29 is 17.6 Å². The molecule has 0 bridgehead atoms. The number of hydrogen-bond acceptors (Lipinski definition) is 5. The van der Waals surface area contributed by atoms with Crippen molar-refractivity contribution in [3.8, 4) is 0 Å². The van der Waals surface area contributed by atoms with Crippen LogP contribution in [0.2, 0.25) is 0 Å². The lowest BCUT2D eigenvalue weighted by Crippen LogP contribution is -2.46. The van der Waals surface area contributed by atoms with Gasteiger partial charge in [0.15, 0.2) is 5.76 Å². The van der Waals surface area contributed by atoms with E-state index in [0.29, 0.717) is 19.1 Å². The first kappa shape index (κ1) is 19.4. The second-order valence-electron chi connectivity index (χ2n) is 7.52. The summed E-state index contributed by atoms with van der Waals surface area (Å²) in [5, 5.41) is 2.99. The Morgan fingerprint density at radius 3 is 2.38 bits per heavy atom. The van der Waals surface area contributed by atoms with Gasteiger partial charge in [0.25, 0.3) is 5.91 Å². The lowest BCUT2D eigenvalue weighted by Gasteiger charge is -2.34. The third-order valence-corrected chi connectivity index (χ3v) is 7.38. The van der Waals surface area contributed by atoms with Crippen LogP contribution in [-0.4, -0.2) is 61.8 Å². The third kappa shape index (κ3) is 3.97. The van der Waals surface area contributed by atoms with Crippen LogP contribution in [0.25, 0.3) is 0 Å². The highest BCUT2D eigenvalue weighted by Crippen LogP contribution is 2.26. The summed E-state index contributed by atoms with van der Waals surface area (Å²) in [5.41, 5.74) is 0. The molecule has 0 saturated carbocycles. The van der Waals surface area contributed by atoms with Gasteiger partial charge in [-0.1, -0.05) is 0 Å². The Bertz CT molecular complexity index is 742. The van der Waals surface area contributed by atoms with Crippen molar-refractivity contribution in [2.75, 3.05) is 26.2 Å². The SMILES string of the molecule is Cc1oc(C(=O)NC2CCN(C(C)C)CC2)cc1S(=O)(=O)N1CCCC1. The molecule has 3 heterocycles. The summed E-state index contributed by atoms with van der Waals surface area (Å²) in [7, 11) is -3.58. The Morgan fingerprint density at radius 2 is 1.81 bits per heavy atom. The van der Waals surface area contributed by atoms with E-state index in [-0.39, 0.29) is 28.4 Å². The number of piperidine rings is 1. The fraction of sp³-hybridized carbons (Fsp3) is 0.722. The van der Waals surface area contributed by atoms with Gasteiger partial charge in [0, 0.05) is 44.3 Å². The Hall–Kier alpha value is -1.38. The maximum atomic E-state index is 12.7. The van der Waals surface area contributed by atoms with Crippen LogP contribution in [0, 0.1) is 6.92 Å². The highest BCUT2D eigenvalue weighted by Gasteiger charge is 2.32. The van der Waals surface area contributed by atoms with Crippen molar-refractivity contribution >= 4 is 15.9 Å². The minimum Gasteiger partial charge on any atom is -0.455 e.